The molecular formula is C18H21NO3. The van der Waals surface area contributed by atoms with Gasteiger partial charge in [-0.2, -0.15) is 0 Å². The molecule has 2 aliphatic rings. The van der Waals surface area contributed by atoms with Gasteiger partial charge >= 0.3 is 6.09 Å². The highest BCUT2D eigenvalue weighted by molar-refractivity contribution is 5.91. The minimum atomic E-state index is -0.541. The molecular weight excluding hydrogens is 278 g/mol. The van der Waals surface area contributed by atoms with E-state index >= 15 is 0 Å². The third-order valence-corrected chi connectivity index (χ3v) is 4.07. The van der Waals surface area contributed by atoms with Gasteiger partial charge in [0.2, 0.25) is 0 Å². The molecule has 2 aliphatic heterocycles. The molecule has 0 spiro atoms. The highest BCUT2D eigenvalue weighted by Crippen LogP contribution is 2.39. The van der Waals surface area contributed by atoms with Gasteiger partial charge in [-0.05, 0) is 26.3 Å². The van der Waals surface area contributed by atoms with E-state index in [1.807, 2.05) is 63.3 Å². The average molecular weight is 299 g/mol. The quantitative estimate of drug-likeness (QED) is 0.748. The van der Waals surface area contributed by atoms with Crippen LogP contribution in [0.1, 0.15) is 38.7 Å². The zero-order chi connectivity index (χ0) is 15.9. The first kappa shape index (κ1) is 14.8. The summed E-state index contributed by atoms with van der Waals surface area (Å²) in [4.78, 5) is 26.7. The van der Waals surface area contributed by atoms with E-state index in [2.05, 4.69) is 0 Å². The summed E-state index contributed by atoms with van der Waals surface area (Å²) in [6, 6.07) is 9.24. The van der Waals surface area contributed by atoms with Gasteiger partial charge in [-0.3, -0.25) is 9.69 Å². The van der Waals surface area contributed by atoms with Crippen LogP contribution in [0.25, 0.3) is 0 Å². The Labute approximate surface area is 130 Å². The van der Waals surface area contributed by atoms with Crippen LogP contribution in [0.5, 0.6) is 0 Å². The van der Waals surface area contributed by atoms with Crippen LogP contribution < -0.4 is 0 Å². The molecule has 1 aromatic carbocycles. The predicted octanol–water partition coefficient (Wildman–Crippen LogP) is 3.29. The Morgan fingerprint density at radius 3 is 2.50 bits per heavy atom. The molecule has 0 aromatic heterocycles. The Hall–Kier alpha value is -2.10. The minimum Gasteiger partial charge on any atom is -0.444 e. The normalized spacial score (nSPS) is 27.1. The van der Waals surface area contributed by atoms with Gasteiger partial charge in [-0.25, -0.2) is 4.79 Å². The van der Waals surface area contributed by atoms with Crippen molar-refractivity contribution in [2.45, 2.75) is 50.8 Å². The van der Waals surface area contributed by atoms with Gasteiger partial charge in [0.25, 0.3) is 0 Å². The molecule has 2 bridgehead atoms. The monoisotopic (exact) mass is 299 g/mol. The Balaban J connectivity index is 1.89. The van der Waals surface area contributed by atoms with Gasteiger partial charge < -0.3 is 4.74 Å². The lowest BCUT2D eigenvalue weighted by Crippen LogP contribution is -2.52. The average Bonchev–Trinajstić information content (AvgIpc) is 2.74. The molecule has 116 valence electrons. The second kappa shape index (κ2) is 5.27. The molecule has 22 heavy (non-hydrogen) atoms. The van der Waals surface area contributed by atoms with E-state index in [1.165, 1.54) is 0 Å². The summed E-state index contributed by atoms with van der Waals surface area (Å²) in [7, 11) is 0. The standard InChI is InChI=1S/C18H21NO3/c1-18(2,3)22-17(21)19-13-9-10-14(19)16(15(20)11-13)12-7-5-4-6-8-12/h4-10,13-14,16H,11H2,1-3H3/t13-,14+,16+/m1/s1. The first-order chi connectivity index (χ1) is 10.4. The van der Waals surface area contributed by atoms with Crippen LogP contribution >= 0.6 is 0 Å². The summed E-state index contributed by atoms with van der Waals surface area (Å²) >= 11 is 0. The molecule has 1 fully saturated rings. The van der Waals surface area contributed by atoms with Crippen molar-refractivity contribution in [3.63, 3.8) is 0 Å². The van der Waals surface area contributed by atoms with Crippen molar-refractivity contribution in [1.29, 1.82) is 0 Å². The number of fused-ring (bicyclic) bond motifs is 2. The Kier molecular flexibility index (Phi) is 3.55. The fraction of sp³-hybridized carbons (Fsp3) is 0.444. The summed E-state index contributed by atoms with van der Waals surface area (Å²) in [5, 5.41) is 0. The molecule has 1 amide bonds. The van der Waals surface area contributed by atoms with E-state index < -0.39 is 5.60 Å². The number of ketones is 1. The van der Waals surface area contributed by atoms with Crippen LogP contribution in [0.2, 0.25) is 0 Å². The van der Waals surface area contributed by atoms with Crippen molar-refractivity contribution in [3.05, 3.63) is 48.0 Å². The maximum Gasteiger partial charge on any atom is 0.411 e. The first-order valence-corrected chi connectivity index (χ1v) is 7.64. The maximum absolute atomic E-state index is 12.5. The summed E-state index contributed by atoms with van der Waals surface area (Å²) < 4.78 is 5.51. The van der Waals surface area contributed by atoms with Crippen LogP contribution in [0, 0.1) is 0 Å². The lowest BCUT2D eigenvalue weighted by atomic mass is 9.83. The number of carbonyl (C=O) groups is 2. The van der Waals surface area contributed by atoms with Crippen LogP contribution in [0.15, 0.2) is 42.5 Å². The second-order valence-electron chi connectivity index (χ2n) is 6.89. The summed E-state index contributed by atoms with van der Waals surface area (Å²) in [5.41, 5.74) is 0.413. The van der Waals surface area contributed by atoms with E-state index in [0.717, 1.165) is 5.56 Å². The topological polar surface area (TPSA) is 46.6 Å². The van der Waals surface area contributed by atoms with Crippen molar-refractivity contribution in [2.75, 3.05) is 0 Å². The van der Waals surface area contributed by atoms with Gasteiger partial charge in [0, 0.05) is 6.42 Å². The summed E-state index contributed by atoms with van der Waals surface area (Å²) in [6.45, 7) is 5.55. The molecule has 0 N–H and O–H groups in total. The number of Topliss-reactive ketones (excluding diaryl/α,β-unsaturated/α-hetero) is 1. The van der Waals surface area contributed by atoms with Crippen molar-refractivity contribution in [2.24, 2.45) is 0 Å². The van der Waals surface area contributed by atoms with Crippen molar-refractivity contribution in [3.8, 4) is 0 Å². The lowest BCUT2D eigenvalue weighted by molar-refractivity contribution is -0.124. The third-order valence-electron chi connectivity index (χ3n) is 4.07. The van der Waals surface area contributed by atoms with Gasteiger partial charge in [-0.1, -0.05) is 42.5 Å². The van der Waals surface area contributed by atoms with E-state index in [-0.39, 0.29) is 29.9 Å². The molecule has 4 heteroatoms. The summed E-state index contributed by atoms with van der Waals surface area (Å²) in [5.74, 6) is -0.116. The first-order valence-electron chi connectivity index (χ1n) is 7.64. The van der Waals surface area contributed by atoms with Crippen LogP contribution in [0.3, 0.4) is 0 Å². The highest BCUT2D eigenvalue weighted by Gasteiger charge is 2.47. The molecule has 0 unspecified atom stereocenters. The fourth-order valence-corrected chi connectivity index (χ4v) is 3.23. The second-order valence-corrected chi connectivity index (χ2v) is 6.89. The van der Waals surface area contributed by atoms with E-state index in [0.29, 0.717) is 6.42 Å². The SMILES string of the molecule is CC(C)(C)OC(=O)N1[C@@H]2C=C[C@H]1[C@H](c1ccccc1)C(=O)C2. The van der Waals surface area contributed by atoms with E-state index in [4.69, 9.17) is 4.74 Å². The number of rotatable bonds is 1. The maximum atomic E-state index is 12.5. The van der Waals surface area contributed by atoms with Gasteiger partial charge in [-0.15, -0.1) is 0 Å². The Morgan fingerprint density at radius 2 is 1.86 bits per heavy atom. The molecule has 3 atom stereocenters. The molecule has 1 saturated heterocycles. The molecule has 1 aromatic rings. The highest BCUT2D eigenvalue weighted by atomic mass is 16.6. The number of amides is 1. The van der Waals surface area contributed by atoms with Gasteiger partial charge in [0.05, 0.1) is 18.0 Å². The molecule has 4 nitrogen and oxygen atoms in total. The smallest absolute Gasteiger partial charge is 0.411 e. The van der Waals surface area contributed by atoms with Crippen LogP contribution in [0.4, 0.5) is 4.79 Å². The zero-order valence-electron chi connectivity index (χ0n) is 13.2. The number of ether oxygens (including phenoxy) is 1. The number of hydrogen-bond acceptors (Lipinski definition) is 3. The fourth-order valence-electron chi connectivity index (χ4n) is 3.23. The van der Waals surface area contributed by atoms with Crippen molar-refractivity contribution < 1.29 is 14.3 Å². The number of piperidine rings is 1. The summed E-state index contributed by atoms with van der Waals surface area (Å²) in [6.07, 6.45) is 3.93. The Morgan fingerprint density at radius 1 is 1.18 bits per heavy atom. The molecule has 0 aliphatic carbocycles. The van der Waals surface area contributed by atoms with Crippen LogP contribution in [-0.2, 0) is 9.53 Å². The molecule has 2 heterocycles. The van der Waals surface area contributed by atoms with Gasteiger partial charge in [0.1, 0.15) is 11.4 Å². The predicted molar refractivity (Wildman–Crippen MR) is 83.6 cm³/mol. The van der Waals surface area contributed by atoms with E-state index in [9.17, 15) is 9.59 Å². The number of benzene rings is 1. The molecule has 0 saturated carbocycles. The van der Waals surface area contributed by atoms with Gasteiger partial charge in [0.15, 0.2) is 0 Å². The lowest BCUT2D eigenvalue weighted by Gasteiger charge is -2.39. The zero-order valence-corrected chi connectivity index (χ0v) is 13.2. The number of nitrogens with zero attached hydrogens (tertiary/aromatic N) is 1. The van der Waals surface area contributed by atoms with Crippen LogP contribution in [-0.4, -0.2) is 34.5 Å². The van der Waals surface area contributed by atoms with E-state index in [1.54, 1.807) is 4.90 Å². The van der Waals surface area contributed by atoms with Crippen molar-refractivity contribution >= 4 is 11.9 Å². The number of hydrogen-bond donors (Lipinski definition) is 0. The molecule has 3 rings (SSSR count). The third kappa shape index (κ3) is 2.65. The molecule has 0 radical (unpaired) electrons. The van der Waals surface area contributed by atoms with Crippen molar-refractivity contribution in [1.82, 2.24) is 4.90 Å². The largest absolute Gasteiger partial charge is 0.444 e. The Bertz CT molecular complexity index is 615. The number of carbonyl (C=O) groups excluding carboxylic acids is 2. The minimum absolute atomic E-state index is 0.174.